The normalized spacial score (nSPS) is 36.5. The van der Waals surface area contributed by atoms with Crippen LogP contribution in [0.4, 0.5) is 0 Å². The van der Waals surface area contributed by atoms with Gasteiger partial charge in [-0.05, 0) is 50.5 Å². The van der Waals surface area contributed by atoms with E-state index in [2.05, 4.69) is 13.0 Å². The molecule has 1 fully saturated rings. The summed E-state index contributed by atoms with van der Waals surface area (Å²) in [5.41, 5.74) is 0.453. The molecule has 7 atom stereocenters. The number of hydrogen-bond acceptors (Lipinski definition) is 6. The predicted molar refractivity (Wildman–Crippen MR) is 112 cm³/mol. The van der Waals surface area contributed by atoms with Gasteiger partial charge in [-0.25, -0.2) is 0 Å². The molecule has 168 valence electrons. The number of allylic oxidation sites excluding steroid dienone is 2. The summed E-state index contributed by atoms with van der Waals surface area (Å²) in [6.45, 7) is 7.89. The van der Waals surface area contributed by atoms with Crippen LogP contribution >= 0.6 is 0 Å². The van der Waals surface area contributed by atoms with Crippen molar-refractivity contribution in [1.82, 2.24) is 0 Å². The van der Waals surface area contributed by atoms with E-state index in [1.165, 1.54) is 0 Å². The molecule has 0 saturated carbocycles. The Hall–Kier alpha value is -1.66. The lowest BCUT2D eigenvalue weighted by molar-refractivity contribution is -0.166. The van der Waals surface area contributed by atoms with E-state index in [0.29, 0.717) is 25.7 Å². The zero-order valence-electron chi connectivity index (χ0n) is 18.5. The predicted octanol–water partition coefficient (Wildman–Crippen LogP) is 3.31. The maximum absolute atomic E-state index is 12.8. The van der Waals surface area contributed by atoms with Gasteiger partial charge in [0.1, 0.15) is 12.2 Å². The Kier molecular flexibility index (Phi) is 7.08. The summed E-state index contributed by atoms with van der Waals surface area (Å²) in [6.07, 6.45) is 7.21. The number of hydrogen-bond donors (Lipinski definition) is 2. The lowest BCUT2D eigenvalue weighted by Crippen LogP contribution is -2.44. The van der Waals surface area contributed by atoms with E-state index in [0.717, 1.165) is 12.0 Å². The lowest BCUT2D eigenvalue weighted by atomic mass is 9.66. The summed E-state index contributed by atoms with van der Waals surface area (Å²) in [5, 5.41) is 20.2. The molecule has 0 spiro atoms. The number of ether oxygens (including phenoxy) is 2. The topological polar surface area (TPSA) is 93.1 Å². The molecule has 0 aromatic rings. The van der Waals surface area contributed by atoms with E-state index >= 15 is 0 Å². The molecular formula is C24H36O6. The largest absolute Gasteiger partial charge is 0.462 e. The molecule has 0 aromatic carbocycles. The van der Waals surface area contributed by atoms with Crippen LogP contribution in [0.25, 0.3) is 0 Å². The van der Waals surface area contributed by atoms with Gasteiger partial charge in [-0.15, -0.1) is 0 Å². The van der Waals surface area contributed by atoms with Gasteiger partial charge in [-0.2, -0.15) is 0 Å². The van der Waals surface area contributed by atoms with Crippen LogP contribution in [0.5, 0.6) is 0 Å². The first-order chi connectivity index (χ1) is 14.1. The molecule has 0 radical (unpaired) electrons. The fourth-order valence-electron chi connectivity index (χ4n) is 4.84. The average molecular weight is 421 g/mol. The smallest absolute Gasteiger partial charge is 0.311 e. The molecular weight excluding hydrogens is 384 g/mol. The second-order valence-electron chi connectivity index (χ2n) is 9.84. The number of rotatable bonds is 6. The van der Waals surface area contributed by atoms with Gasteiger partial charge in [-0.1, -0.05) is 32.1 Å². The van der Waals surface area contributed by atoms with E-state index in [-0.39, 0.29) is 48.3 Å². The second kappa shape index (κ2) is 9.23. The van der Waals surface area contributed by atoms with Crippen LogP contribution in [0, 0.1) is 23.2 Å². The Labute approximate surface area is 179 Å². The highest BCUT2D eigenvalue weighted by Crippen LogP contribution is 2.44. The van der Waals surface area contributed by atoms with Gasteiger partial charge in [0, 0.05) is 18.8 Å². The first-order valence-corrected chi connectivity index (χ1v) is 11.3. The Morgan fingerprint density at radius 3 is 2.67 bits per heavy atom. The fraction of sp³-hybridized carbons (Fsp3) is 0.750. The summed E-state index contributed by atoms with van der Waals surface area (Å²) in [4.78, 5) is 24.5. The molecule has 0 aromatic heterocycles. The van der Waals surface area contributed by atoms with E-state index in [1.807, 2.05) is 32.9 Å². The molecule has 6 heteroatoms. The highest BCUT2D eigenvalue weighted by Gasteiger charge is 2.43. The summed E-state index contributed by atoms with van der Waals surface area (Å²) in [7, 11) is 0. The van der Waals surface area contributed by atoms with Crippen LogP contribution in [-0.4, -0.2) is 46.6 Å². The third-order valence-electron chi connectivity index (χ3n) is 7.13. The number of aliphatic hydroxyl groups is 2. The molecule has 1 aliphatic heterocycles. The Balaban J connectivity index is 1.76. The van der Waals surface area contributed by atoms with Crippen molar-refractivity contribution in [2.75, 3.05) is 0 Å². The minimum absolute atomic E-state index is 0.00854. The van der Waals surface area contributed by atoms with Crippen LogP contribution in [0.3, 0.4) is 0 Å². The average Bonchev–Trinajstić information content (AvgIpc) is 2.66. The van der Waals surface area contributed by atoms with E-state index in [4.69, 9.17) is 9.47 Å². The summed E-state index contributed by atoms with van der Waals surface area (Å²) in [6, 6.07) is 0. The van der Waals surface area contributed by atoms with E-state index < -0.39 is 17.6 Å². The maximum Gasteiger partial charge on any atom is 0.311 e. The van der Waals surface area contributed by atoms with Crippen molar-refractivity contribution in [2.45, 2.75) is 90.6 Å². The highest BCUT2D eigenvalue weighted by molar-refractivity contribution is 5.76. The summed E-state index contributed by atoms with van der Waals surface area (Å²) >= 11 is 0. The third kappa shape index (κ3) is 5.14. The molecule has 1 heterocycles. The van der Waals surface area contributed by atoms with Crippen molar-refractivity contribution >= 4 is 11.9 Å². The molecule has 0 unspecified atom stereocenters. The molecule has 2 N–H and O–H groups in total. The molecule has 3 rings (SSSR count). The summed E-state index contributed by atoms with van der Waals surface area (Å²) < 4.78 is 11.4. The molecule has 0 amide bonds. The zero-order chi connectivity index (χ0) is 22.1. The van der Waals surface area contributed by atoms with Crippen molar-refractivity contribution in [3.63, 3.8) is 0 Å². The highest BCUT2D eigenvalue weighted by atomic mass is 16.6. The molecule has 3 aliphatic rings. The molecule has 0 bridgehead atoms. The van der Waals surface area contributed by atoms with E-state index in [1.54, 1.807) is 0 Å². The standard InChI is InChI=1S/C24H36O6/c1-5-24(3,4)23(28)30-20-12-16(25)10-15-7-6-14(2)19(22(15)20)9-8-18-11-17(26)13-21(27)29-18/h6-7,10,14,16-20,22,25-26H,5,8-9,11-13H2,1-4H3/t14-,16-,17+,18+,19-,20-,22-/m0/s1. The molecule has 30 heavy (non-hydrogen) atoms. The van der Waals surface area contributed by atoms with Crippen LogP contribution in [-0.2, 0) is 19.1 Å². The van der Waals surface area contributed by atoms with Gasteiger partial charge in [0.2, 0.25) is 0 Å². The van der Waals surface area contributed by atoms with Gasteiger partial charge in [0.25, 0.3) is 0 Å². The van der Waals surface area contributed by atoms with Crippen molar-refractivity contribution in [2.24, 2.45) is 23.2 Å². The van der Waals surface area contributed by atoms with Crippen molar-refractivity contribution in [3.05, 3.63) is 23.8 Å². The van der Waals surface area contributed by atoms with Crippen LogP contribution in [0.2, 0.25) is 0 Å². The van der Waals surface area contributed by atoms with Crippen molar-refractivity contribution in [3.8, 4) is 0 Å². The monoisotopic (exact) mass is 420 g/mol. The van der Waals surface area contributed by atoms with Gasteiger partial charge in [-0.3, -0.25) is 9.59 Å². The number of cyclic esters (lactones) is 1. The van der Waals surface area contributed by atoms with Crippen molar-refractivity contribution in [1.29, 1.82) is 0 Å². The van der Waals surface area contributed by atoms with Crippen LogP contribution in [0.15, 0.2) is 23.8 Å². The van der Waals surface area contributed by atoms with Crippen molar-refractivity contribution < 1.29 is 29.3 Å². The fourth-order valence-corrected chi connectivity index (χ4v) is 4.84. The van der Waals surface area contributed by atoms with Gasteiger partial charge >= 0.3 is 11.9 Å². The van der Waals surface area contributed by atoms with Gasteiger partial charge in [0.15, 0.2) is 0 Å². The van der Waals surface area contributed by atoms with Crippen LogP contribution < -0.4 is 0 Å². The first kappa shape index (κ1) is 23.0. The molecule has 2 aliphatic carbocycles. The minimum atomic E-state index is -0.634. The number of carbonyl (C=O) groups excluding carboxylic acids is 2. The summed E-state index contributed by atoms with van der Waals surface area (Å²) in [5.74, 6) is -0.0886. The third-order valence-corrected chi connectivity index (χ3v) is 7.13. The number of carbonyl (C=O) groups is 2. The number of fused-ring (bicyclic) bond motifs is 1. The first-order valence-electron chi connectivity index (χ1n) is 11.3. The number of aliphatic hydroxyl groups excluding tert-OH is 2. The maximum atomic E-state index is 12.8. The van der Waals surface area contributed by atoms with Crippen LogP contribution in [0.1, 0.15) is 66.2 Å². The second-order valence-corrected chi connectivity index (χ2v) is 9.84. The Bertz CT molecular complexity index is 708. The minimum Gasteiger partial charge on any atom is -0.462 e. The SMILES string of the molecule is CCC(C)(C)C(=O)O[C@H]1C[C@@H](O)C=C2C=C[C@H](C)[C@H](CC[C@@H]3C[C@@H](O)CC(=O)O3)[C@H]21. The quantitative estimate of drug-likeness (QED) is 0.641. The Morgan fingerprint density at radius 2 is 2.00 bits per heavy atom. The lowest BCUT2D eigenvalue weighted by Gasteiger charge is -2.43. The van der Waals surface area contributed by atoms with E-state index in [9.17, 15) is 19.8 Å². The zero-order valence-corrected chi connectivity index (χ0v) is 18.5. The number of esters is 2. The van der Waals surface area contributed by atoms with Gasteiger partial charge in [0.05, 0.1) is 24.0 Å². The molecule has 1 saturated heterocycles. The molecule has 6 nitrogen and oxygen atoms in total. The Morgan fingerprint density at radius 1 is 1.27 bits per heavy atom. The van der Waals surface area contributed by atoms with Gasteiger partial charge < -0.3 is 19.7 Å².